The van der Waals surface area contributed by atoms with E-state index >= 15 is 0 Å². The number of nitrogens with zero attached hydrogens (tertiary/aromatic N) is 1. The highest BCUT2D eigenvalue weighted by atomic mass is 16.5. The average Bonchev–Trinajstić information content (AvgIpc) is 3.18. The number of nitrogens with one attached hydrogen (secondary N) is 1. The zero-order valence-corrected chi connectivity index (χ0v) is 14.6. The number of carbonyl (C=O) groups excluding carboxylic acids is 1. The second kappa shape index (κ2) is 7.60. The second-order valence-corrected chi connectivity index (χ2v) is 5.33. The van der Waals surface area contributed by atoms with E-state index in [-0.39, 0.29) is 11.6 Å². The van der Waals surface area contributed by atoms with Crippen LogP contribution in [-0.2, 0) is 0 Å². The third kappa shape index (κ3) is 3.61. The van der Waals surface area contributed by atoms with Gasteiger partial charge in [-0.15, -0.1) is 0 Å². The molecule has 3 rings (SSSR count). The van der Waals surface area contributed by atoms with E-state index in [1.807, 2.05) is 0 Å². The minimum Gasteiger partial charge on any atom is -0.497 e. The Morgan fingerprint density at radius 3 is 2.50 bits per heavy atom. The molecule has 7 heteroatoms. The summed E-state index contributed by atoms with van der Waals surface area (Å²) in [5.74, 6) is 1.87. The van der Waals surface area contributed by atoms with Gasteiger partial charge in [-0.05, 0) is 30.3 Å². The molecule has 0 fully saturated rings. The van der Waals surface area contributed by atoms with Gasteiger partial charge in [-0.1, -0.05) is 11.2 Å². The third-order valence-corrected chi connectivity index (χ3v) is 3.74. The molecule has 0 aliphatic carbocycles. The number of hydrogen-bond acceptors (Lipinski definition) is 6. The molecule has 0 saturated heterocycles. The number of amides is 1. The lowest BCUT2D eigenvalue weighted by atomic mass is 10.1. The maximum absolute atomic E-state index is 12.4. The summed E-state index contributed by atoms with van der Waals surface area (Å²) in [6.07, 6.45) is 0. The Labute approximate surface area is 150 Å². The maximum atomic E-state index is 12.4. The number of ether oxygens (including phenoxy) is 3. The number of aromatic nitrogens is 1. The highest BCUT2D eigenvalue weighted by Crippen LogP contribution is 2.32. The Morgan fingerprint density at radius 1 is 0.962 bits per heavy atom. The molecule has 0 radical (unpaired) electrons. The molecule has 3 aromatic rings. The van der Waals surface area contributed by atoms with Gasteiger partial charge < -0.3 is 24.1 Å². The van der Waals surface area contributed by atoms with E-state index in [1.165, 1.54) is 0 Å². The SMILES string of the molecule is COc1cccc(NC(=O)c2cc(-c3ccc(OC)c(OC)c3)on2)c1. The molecule has 134 valence electrons. The van der Waals surface area contributed by atoms with Crippen molar-refractivity contribution in [3.8, 4) is 28.6 Å². The minimum atomic E-state index is -0.381. The number of hydrogen-bond donors (Lipinski definition) is 1. The molecule has 0 spiro atoms. The van der Waals surface area contributed by atoms with Crippen molar-refractivity contribution in [1.82, 2.24) is 5.16 Å². The van der Waals surface area contributed by atoms with Crippen molar-refractivity contribution in [3.63, 3.8) is 0 Å². The van der Waals surface area contributed by atoms with Crippen molar-refractivity contribution in [3.05, 3.63) is 54.2 Å². The molecule has 0 atom stereocenters. The van der Waals surface area contributed by atoms with Crippen LogP contribution in [0, 0.1) is 0 Å². The molecular formula is C19H18N2O5. The fourth-order valence-corrected chi connectivity index (χ4v) is 2.40. The van der Waals surface area contributed by atoms with Gasteiger partial charge in [0, 0.05) is 23.4 Å². The van der Waals surface area contributed by atoms with Crippen molar-refractivity contribution < 1.29 is 23.5 Å². The van der Waals surface area contributed by atoms with E-state index in [0.29, 0.717) is 28.7 Å². The molecule has 1 aromatic heterocycles. The molecule has 0 aliphatic heterocycles. The number of carbonyl (C=O) groups is 1. The van der Waals surface area contributed by atoms with Gasteiger partial charge in [-0.25, -0.2) is 0 Å². The van der Waals surface area contributed by atoms with Crippen LogP contribution >= 0.6 is 0 Å². The molecule has 1 amide bonds. The molecule has 0 aliphatic rings. The van der Waals surface area contributed by atoms with E-state index in [2.05, 4.69) is 10.5 Å². The normalized spacial score (nSPS) is 10.3. The topological polar surface area (TPSA) is 82.8 Å². The smallest absolute Gasteiger partial charge is 0.277 e. The van der Waals surface area contributed by atoms with E-state index in [9.17, 15) is 4.79 Å². The summed E-state index contributed by atoms with van der Waals surface area (Å²) in [5, 5.41) is 6.59. The van der Waals surface area contributed by atoms with Gasteiger partial charge in [0.2, 0.25) is 0 Å². The van der Waals surface area contributed by atoms with Gasteiger partial charge in [-0.2, -0.15) is 0 Å². The van der Waals surface area contributed by atoms with Crippen LogP contribution in [0.1, 0.15) is 10.5 Å². The molecule has 1 N–H and O–H groups in total. The fourth-order valence-electron chi connectivity index (χ4n) is 2.40. The lowest BCUT2D eigenvalue weighted by molar-refractivity contribution is 0.101. The average molecular weight is 354 g/mol. The van der Waals surface area contributed by atoms with Crippen molar-refractivity contribution in [2.24, 2.45) is 0 Å². The van der Waals surface area contributed by atoms with Gasteiger partial charge in [0.25, 0.3) is 5.91 Å². The standard InChI is InChI=1S/C19H18N2O5/c1-23-14-6-4-5-13(10-14)20-19(22)15-11-17(26-21-15)12-7-8-16(24-2)18(9-12)25-3/h4-11H,1-3H3,(H,20,22). The first-order valence-electron chi connectivity index (χ1n) is 7.79. The van der Waals surface area contributed by atoms with Gasteiger partial charge in [0.15, 0.2) is 23.0 Å². The van der Waals surface area contributed by atoms with Crippen LogP contribution in [0.4, 0.5) is 5.69 Å². The molecule has 26 heavy (non-hydrogen) atoms. The molecular weight excluding hydrogens is 336 g/mol. The van der Waals surface area contributed by atoms with Crippen LogP contribution in [-0.4, -0.2) is 32.4 Å². The first-order valence-corrected chi connectivity index (χ1v) is 7.79. The number of benzene rings is 2. The largest absolute Gasteiger partial charge is 0.497 e. The quantitative estimate of drug-likeness (QED) is 0.728. The Balaban J connectivity index is 1.79. The van der Waals surface area contributed by atoms with Crippen molar-refractivity contribution in [2.75, 3.05) is 26.6 Å². The molecule has 1 heterocycles. The monoisotopic (exact) mass is 354 g/mol. The van der Waals surface area contributed by atoms with Gasteiger partial charge in [-0.3, -0.25) is 4.79 Å². The van der Waals surface area contributed by atoms with Crippen LogP contribution in [0.15, 0.2) is 53.1 Å². The highest BCUT2D eigenvalue weighted by Gasteiger charge is 2.15. The lowest BCUT2D eigenvalue weighted by Gasteiger charge is -2.07. The zero-order valence-electron chi connectivity index (χ0n) is 14.6. The van der Waals surface area contributed by atoms with Crippen LogP contribution in [0.25, 0.3) is 11.3 Å². The summed E-state index contributed by atoms with van der Waals surface area (Å²) in [4.78, 5) is 12.4. The summed E-state index contributed by atoms with van der Waals surface area (Å²) in [5.41, 5.74) is 1.48. The molecule has 0 bridgehead atoms. The fraction of sp³-hybridized carbons (Fsp3) is 0.158. The Morgan fingerprint density at radius 2 is 1.77 bits per heavy atom. The minimum absolute atomic E-state index is 0.164. The lowest BCUT2D eigenvalue weighted by Crippen LogP contribution is -2.12. The third-order valence-electron chi connectivity index (χ3n) is 3.74. The van der Waals surface area contributed by atoms with Crippen LogP contribution in [0.3, 0.4) is 0 Å². The van der Waals surface area contributed by atoms with E-state index in [1.54, 1.807) is 69.9 Å². The van der Waals surface area contributed by atoms with Crippen LogP contribution in [0.2, 0.25) is 0 Å². The van der Waals surface area contributed by atoms with Gasteiger partial charge >= 0.3 is 0 Å². The summed E-state index contributed by atoms with van der Waals surface area (Å²) in [6, 6.07) is 13.9. The van der Waals surface area contributed by atoms with E-state index in [0.717, 1.165) is 5.56 Å². The van der Waals surface area contributed by atoms with E-state index in [4.69, 9.17) is 18.7 Å². The summed E-state index contributed by atoms with van der Waals surface area (Å²) < 4.78 is 20.9. The second-order valence-electron chi connectivity index (χ2n) is 5.33. The zero-order chi connectivity index (χ0) is 18.5. The number of rotatable bonds is 6. The molecule has 0 saturated carbocycles. The van der Waals surface area contributed by atoms with Crippen molar-refractivity contribution >= 4 is 11.6 Å². The van der Waals surface area contributed by atoms with Crippen LogP contribution < -0.4 is 19.5 Å². The van der Waals surface area contributed by atoms with Gasteiger partial charge in [0.1, 0.15) is 5.75 Å². The Hall–Kier alpha value is -3.48. The Bertz CT molecular complexity index is 920. The predicted octanol–water partition coefficient (Wildman–Crippen LogP) is 3.62. The summed E-state index contributed by atoms with van der Waals surface area (Å²) >= 11 is 0. The number of anilines is 1. The van der Waals surface area contributed by atoms with Crippen LogP contribution in [0.5, 0.6) is 17.2 Å². The van der Waals surface area contributed by atoms with E-state index < -0.39 is 0 Å². The first-order chi connectivity index (χ1) is 12.6. The maximum Gasteiger partial charge on any atom is 0.277 e. The highest BCUT2D eigenvalue weighted by molar-refractivity contribution is 6.03. The first kappa shape index (κ1) is 17.3. The van der Waals surface area contributed by atoms with Crippen molar-refractivity contribution in [2.45, 2.75) is 0 Å². The molecule has 2 aromatic carbocycles. The molecule has 0 unspecified atom stereocenters. The summed E-state index contributed by atoms with van der Waals surface area (Å²) in [6.45, 7) is 0. The van der Waals surface area contributed by atoms with Gasteiger partial charge in [0.05, 0.1) is 21.3 Å². The predicted molar refractivity (Wildman–Crippen MR) is 96.0 cm³/mol. The van der Waals surface area contributed by atoms with Crippen molar-refractivity contribution in [1.29, 1.82) is 0 Å². The molecule has 7 nitrogen and oxygen atoms in total. The summed E-state index contributed by atoms with van der Waals surface area (Å²) in [7, 11) is 4.68. The number of methoxy groups -OCH3 is 3. The Kier molecular flexibility index (Phi) is 5.07.